The van der Waals surface area contributed by atoms with Crippen LogP contribution in [-0.2, 0) is 6.54 Å². The molecule has 2 aromatic heterocycles. The molecule has 4 heteroatoms. The number of hydrogen-bond acceptors (Lipinski definition) is 4. The Morgan fingerprint density at radius 1 is 1.07 bits per heavy atom. The van der Waals surface area contributed by atoms with Gasteiger partial charge in [0.2, 0.25) is 0 Å². The van der Waals surface area contributed by atoms with E-state index in [4.69, 9.17) is 9.72 Å². The number of piperidine rings is 1. The molecule has 3 heterocycles. The maximum Gasteiger partial charge on any atom is 0.120 e. The van der Waals surface area contributed by atoms with Crippen LogP contribution in [0.3, 0.4) is 0 Å². The van der Waals surface area contributed by atoms with Crippen LogP contribution in [0, 0.1) is 0 Å². The van der Waals surface area contributed by atoms with Crippen molar-refractivity contribution in [1.29, 1.82) is 0 Å². The summed E-state index contributed by atoms with van der Waals surface area (Å²) in [6.45, 7) is 7.31. The molecule has 140 valence electrons. The van der Waals surface area contributed by atoms with Crippen molar-refractivity contribution in [3.8, 4) is 5.75 Å². The molecule has 0 saturated carbocycles. The third-order valence-corrected chi connectivity index (χ3v) is 5.19. The number of ether oxygens (including phenoxy) is 1. The Kier molecular flexibility index (Phi) is 5.35. The van der Waals surface area contributed by atoms with Gasteiger partial charge in [-0.1, -0.05) is 12.1 Å². The lowest BCUT2D eigenvalue weighted by atomic mass is 9.92. The fourth-order valence-corrected chi connectivity index (χ4v) is 3.84. The molecule has 3 aromatic rings. The smallest absolute Gasteiger partial charge is 0.120 e. The molecular weight excluding hydrogens is 334 g/mol. The van der Waals surface area contributed by atoms with Crippen molar-refractivity contribution in [3.63, 3.8) is 0 Å². The first-order valence-electron chi connectivity index (χ1n) is 9.86. The summed E-state index contributed by atoms with van der Waals surface area (Å²) in [5.74, 6) is 1.49. The molecule has 4 rings (SSSR count). The molecule has 27 heavy (non-hydrogen) atoms. The average Bonchev–Trinajstić information content (AvgIpc) is 2.68. The standard InChI is InChI=1S/C23H27N3O/c1-17(2)27-21-7-3-5-18(13-21)16-26-11-8-19(9-12-26)22-14-23-20(15-25-22)6-4-10-24-23/h3-7,10,13-15,17,19H,8-9,11-12,16H2,1-2H3. The number of likely N-dealkylation sites (tertiary alicyclic amines) is 1. The van der Waals surface area contributed by atoms with E-state index < -0.39 is 0 Å². The van der Waals surface area contributed by atoms with Crippen molar-refractivity contribution in [1.82, 2.24) is 14.9 Å². The third-order valence-electron chi connectivity index (χ3n) is 5.19. The van der Waals surface area contributed by atoms with Gasteiger partial charge in [0.05, 0.1) is 11.6 Å². The maximum atomic E-state index is 5.82. The highest BCUT2D eigenvalue weighted by atomic mass is 16.5. The van der Waals surface area contributed by atoms with Crippen LogP contribution in [0.25, 0.3) is 10.9 Å². The zero-order valence-electron chi connectivity index (χ0n) is 16.1. The van der Waals surface area contributed by atoms with Crippen LogP contribution in [0.2, 0.25) is 0 Å². The number of hydrogen-bond donors (Lipinski definition) is 0. The van der Waals surface area contributed by atoms with E-state index >= 15 is 0 Å². The van der Waals surface area contributed by atoms with Gasteiger partial charge in [-0.3, -0.25) is 14.9 Å². The van der Waals surface area contributed by atoms with Crippen LogP contribution in [0.4, 0.5) is 0 Å². The molecule has 1 aromatic carbocycles. The van der Waals surface area contributed by atoms with Crippen LogP contribution in [0.15, 0.2) is 54.9 Å². The summed E-state index contributed by atoms with van der Waals surface area (Å²) in [5, 5.41) is 1.11. The van der Waals surface area contributed by atoms with Gasteiger partial charge in [0.15, 0.2) is 0 Å². The highest BCUT2D eigenvalue weighted by molar-refractivity contribution is 5.77. The first kappa shape index (κ1) is 17.9. The second-order valence-corrected chi connectivity index (χ2v) is 7.67. The molecule has 0 spiro atoms. The van der Waals surface area contributed by atoms with Gasteiger partial charge in [-0.25, -0.2) is 0 Å². The molecule has 1 saturated heterocycles. The summed E-state index contributed by atoms with van der Waals surface area (Å²) in [7, 11) is 0. The fourth-order valence-electron chi connectivity index (χ4n) is 3.84. The van der Waals surface area contributed by atoms with Crippen molar-refractivity contribution >= 4 is 10.9 Å². The number of aromatic nitrogens is 2. The predicted octanol–water partition coefficient (Wildman–Crippen LogP) is 4.80. The highest BCUT2D eigenvalue weighted by Crippen LogP contribution is 2.29. The van der Waals surface area contributed by atoms with Gasteiger partial charge < -0.3 is 4.74 Å². The van der Waals surface area contributed by atoms with Crippen LogP contribution < -0.4 is 4.74 Å². The monoisotopic (exact) mass is 361 g/mol. The van der Waals surface area contributed by atoms with Gasteiger partial charge in [-0.05, 0) is 75.7 Å². The Bertz CT molecular complexity index is 901. The second kappa shape index (κ2) is 8.05. The summed E-state index contributed by atoms with van der Waals surface area (Å²) >= 11 is 0. The molecular formula is C23H27N3O. The lowest BCUT2D eigenvalue weighted by molar-refractivity contribution is 0.202. The quantitative estimate of drug-likeness (QED) is 0.654. The topological polar surface area (TPSA) is 38.2 Å². The van der Waals surface area contributed by atoms with Gasteiger partial charge in [-0.2, -0.15) is 0 Å². The van der Waals surface area contributed by atoms with Crippen molar-refractivity contribution in [3.05, 3.63) is 66.1 Å². The molecule has 4 nitrogen and oxygen atoms in total. The lowest BCUT2D eigenvalue weighted by Gasteiger charge is -2.31. The van der Waals surface area contributed by atoms with Crippen molar-refractivity contribution in [2.45, 2.75) is 45.3 Å². The van der Waals surface area contributed by atoms with Crippen molar-refractivity contribution < 1.29 is 4.74 Å². The van der Waals surface area contributed by atoms with Gasteiger partial charge >= 0.3 is 0 Å². The van der Waals surface area contributed by atoms with Gasteiger partial charge in [0.1, 0.15) is 5.75 Å². The average molecular weight is 361 g/mol. The number of nitrogens with zero attached hydrogens (tertiary/aromatic N) is 3. The first-order valence-corrected chi connectivity index (χ1v) is 9.86. The number of fused-ring (bicyclic) bond motifs is 1. The maximum absolute atomic E-state index is 5.82. The van der Waals surface area contributed by atoms with E-state index in [-0.39, 0.29) is 6.10 Å². The minimum absolute atomic E-state index is 0.208. The van der Waals surface area contributed by atoms with Gasteiger partial charge in [0.25, 0.3) is 0 Å². The molecule has 1 aliphatic rings. The molecule has 1 fully saturated rings. The van der Waals surface area contributed by atoms with Crippen LogP contribution in [-0.4, -0.2) is 34.1 Å². The fraction of sp³-hybridized carbons (Fsp3) is 0.391. The SMILES string of the molecule is CC(C)Oc1cccc(CN2CCC(c3cc4ncccc4cn3)CC2)c1. The van der Waals surface area contributed by atoms with E-state index in [1.807, 2.05) is 24.5 Å². The highest BCUT2D eigenvalue weighted by Gasteiger charge is 2.22. The van der Waals surface area contributed by atoms with Crippen LogP contribution in [0.5, 0.6) is 5.75 Å². The number of rotatable bonds is 5. The zero-order valence-corrected chi connectivity index (χ0v) is 16.1. The molecule has 1 aliphatic heterocycles. The minimum atomic E-state index is 0.208. The molecule has 0 aliphatic carbocycles. The minimum Gasteiger partial charge on any atom is -0.491 e. The van der Waals surface area contributed by atoms with E-state index in [9.17, 15) is 0 Å². The van der Waals surface area contributed by atoms with E-state index in [0.717, 1.165) is 49.1 Å². The van der Waals surface area contributed by atoms with Crippen LogP contribution in [0.1, 0.15) is 43.9 Å². The molecule has 0 amide bonds. The molecule has 0 unspecified atom stereocenters. The van der Waals surface area contributed by atoms with E-state index in [1.165, 1.54) is 11.3 Å². The predicted molar refractivity (Wildman–Crippen MR) is 109 cm³/mol. The normalized spacial score (nSPS) is 16.1. The summed E-state index contributed by atoms with van der Waals surface area (Å²) < 4.78 is 5.82. The Labute approximate surface area is 161 Å². The summed E-state index contributed by atoms with van der Waals surface area (Å²) in [5.41, 5.74) is 3.56. The van der Waals surface area contributed by atoms with E-state index in [1.54, 1.807) is 0 Å². The zero-order chi connectivity index (χ0) is 18.6. The Morgan fingerprint density at radius 3 is 2.74 bits per heavy atom. The third kappa shape index (κ3) is 4.45. The number of pyridine rings is 2. The molecule has 0 atom stereocenters. The Morgan fingerprint density at radius 2 is 1.93 bits per heavy atom. The Hall–Kier alpha value is -2.46. The van der Waals surface area contributed by atoms with E-state index in [0.29, 0.717) is 5.92 Å². The summed E-state index contributed by atoms with van der Waals surface area (Å²) in [6.07, 6.45) is 6.32. The summed E-state index contributed by atoms with van der Waals surface area (Å²) in [4.78, 5) is 11.7. The van der Waals surface area contributed by atoms with Crippen molar-refractivity contribution in [2.75, 3.05) is 13.1 Å². The summed E-state index contributed by atoms with van der Waals surface area (Å²) in [6, 6.07) is 14.7. The first-order chi connectivity index (χ1) is 13.2. The van der Waals surface area contributed by atoms with Crippen LogP contribution >= 0.6 is 0 Å². The second-order valence-electron chi connectivity index (χ2n) is 7.67. The lowest BCUT2D eigenvalue weighted by Crippen LogP contribution is -2.32. The molecule has 0 N–H and O–H groups in total. The largest absolute Gasteiger partial charge is 0.491 e. The Balaban J connectivity index is 1.37. The number of benzene rings is 1. The van der Waals surface area contributed by atoms with E-state index in [2.05, 4.69) is 54.1 Å². The van der Waals surface area contributed by atoms with Gasteiger partial charge in [0, 0.05) is 35.9 Å². The molecule has 0 bridgehead atoms. The molecule has 0 radical (unpaired) electrons. The van der Waals surface area contributed by atoms with Gasteiger partial charge in [-0.15, -0.1) is 0 Å². The van der Waals surface area contributed by atoms with Crippen molar-refractivity contribution in [2.24, 2.45) is 0 Å².